The highest BCUT2D eigenvalue weighted by Gasteiger charge is 2.17. The molecule has 0 aliphatic heterocycles. The number of aryl methyl sites for hydroxylation is 1. The number of aliphatic carboxylic acids is 1. The van der Waals surface area contributed by atoms with Gasteiger partial charge < -0.3 is 14.8 Å². The number of furan rings is 1. The minimum Gasteiger partial charge on any atom is -0.481 e. The summed E-state index contributed by atoms with van der Waals surface area (Å²) in [5.41, 5.74) is 0.448. The Kier molecular flexibility index (Phi) is 4.10. The van der Waals surface area contributed by atoms with E-state index < -0.39 is 5.97 Å². The van der Waals surface area contributed by atoms with Gasteiger partial charge in [-0.15, -0.1) is 0 Å². The van der Waals surface area contributed by atoms with Crippen molar-refractivity contribution in [3.63, 3.8) is 0 Å². The number of carbonyl (C=O) groups is 2. The number of carboxylic acids is 1. The molecule has 1 amide bonds. The minimum atomic E-state index is -0.920. The monoisotopic (exact) mass is 225 g/mol. The van der Waals surface area contributed by atoms with Crippen LogP contribution in [0.15, 0.2) is 16.7 Å². The third-order valence-electron chi connectivity index (χ3n) is 2.35. The highest BCUT2D eigenvalue weighted by atomic mass is 16.4. The first-order valence-corrected chi connectivity index (χ1v) is 5.11. The molecule has 1 aromatic rings. The molecule has 0 aromatic carbocycles. The number of hydrogen-bond donors (Lipinski definition) is 2. The predicted molar refractivity (Wildman–Crippen MR) is 57.2 cm³/mol. The summed E-state index contributed by atoms with van der Waals surface area (Å²) >= 11 is 0. The highest BCUT2D eigenvalue weighted by Crippen LogP contribution is 2.09. The minimum absolute atomic E-state index is 0.0703. The molecular formula is C11H15NO4. The predicted octanol–water partition coefficient (Wildman–Crippen LogP) is 1.57. The van der Waals surface area contributed by atoms with Crippen molar-refractivity contribution in [2.75, 3.05) is 0 Å². The number of amides is 1. The molecule has 0 bridgehead atoms. The van der Waals surface area contributed by atoms with Crippen LogP contribution in [-0.4, -0.2) is 23.0 Å². The quantitative estimate of drug-likeness (QED) is 0.797. The van der Waals surface area contributed by atoms with Gasteiger partial charge in [0.2, 0.25) is 0 Å². The van der Waals surface area contributed by atoms with Gasteiger partial charge in [0, 0.05) is 6.04 Å². The Bertz CT molecular complexity index is 383. The number of carbonyl (C=O) groups excluding carboxylic acids is 1. The lowest BCUT2D eigenvalue weighted by molar-refractivity contribution is -0.137. The van der Waals surface area contributed by atoms with Crippen molar-refractivity contribution in [3.8, 4) is 0 Å². The van der Waals surface area contributed by atoms with Gasteiger partial charge in [0.15, 0.2) is 0 Å². The zero-order valence-electron chi connectivity index (χ0n) is 9.32. The maximum absolute atomic E-state index is 11.7. The molecule has 16 heavy (non-hydrogen) atoms. The van der Waals surface area contributed by atoms with Crippen molar-refractivity contribution in [1.82, 2.24) is 5.32 Å². The average Bonchev–Trinajstić information content (AvgIpc) is 2.62. The summed E-state index contributed by atoms with van der Waals surface area (Å²) in [7, 11) is 0. The number of hydrogen-bond acceptors (Lipinski definition) is 3. The Hall–Kier alpha value is -1.78. The summed E-state index contributed by atoms with van der Waals surface area (Å²) in [6, 6.07) is 1.22. The molecular weight excluding hydrogens is 210 g/mol. The maximum Gasteiger partial charge on any atom is 0.305 e. The van der Waals surface area contributed by atoms with E-state index in [1.54, 1.807) is 13.0 Å². The topological polar surface area (TPSA) is 79.5 Å². The molecule has 5 heteroatoms. The van der Waals surface area contributed by atoms with E-state index in [0.717, 1.165) is 0 Å². The van der Waals surface area contributed by atoms with Crippen molar-refractivity contribution in [2.24, 2.45) is 0 Å². The lowest BCUT2D eigenvalue weighted by atomic mass is 10.1. The molecule has 0 saturated heterocycles. The number of rotatable bonds is 5. The van der Waals surface area contributed by atoms with E-state index in [1.807, 2.05) is 6.92 Å². The highest BCUT2D eigenvalue weighted by molar-refractivity contribution is 5.95. The van der Waals surface area contributed by atoms with E-state index in [2.05, 4.69) is 5.32 Å². The average molecular weight is 225 g/mol. The summed E-state index contributed by atoms with van der Waals surface area (Å²) in [6.45, 7) is 3.52. The molecule has 0 saturated carbocycles. The third kappa shape index (κ3) is 3.12. The van der Waals surface area contributed by atoms with Crippen LogP contribution in [0.25, 0.3) is 0 Å². The molecule has 1 aromatic heterocycles. The molecule has 0 aliphatic rings. The largest absolute Gasteiger partial charge is 0.481 e. The van der Waals surface area contributed by atoms with E-state index in [1.165, 1.54) is 6.26 Å². The zero-order chi connectivity index (χ0) is 12.1. The molecule has 88 valence electrons. The van der Waals surface area contributed by atoms with Crippen LogP contribution in [0.3, 0.4) is 0 Å². The fourth-order valence-electron chi connectivity index (χ4n) is 1.39. The molecule has 2 N–H and O–H groups in total. The van der Waals surface area contributed by atoms with E-state index in [4.69, 9.17) is 9.52 Å². The Morgan fingerprint density at radius 3 is 2.69 bits per heavy atom. The van der Waals surface area contributed by atoms with Crippen LogP contribution in [0.2, 0.25) is 0 Å². The molecule has 5 nitrogen and oxygen atoms in total. The summed E-state index contributed by atoms with van der Waals surface area (Å²) in [5.74, 6) is -0.682. The second-order valence-electron chi connectivity index (χ2n) is 3.57. The standard InChI is InChI=1S/C11H15NO4/c1-3-8(6-10(13)14)12-11(15)9-4-5-16-7(9)2/h4-5,8H,3,6H2,1-2H3,(H,12,15)(H,13,14). The molecule has 0 radical (unpaired) electrons. The van der Waals surface area contributed by atoms with E-state index in [0.29, 0.717) is 17.7 Å². The van der Waals surface area contributed by atoms with Crippen LogP contribution in [0.4, 0.5) is 0 Å². The van der Waals surface area contributed by atoms with Crippen molar-refractivity contribution >= 4 is 11.9 Å². The van der Waals surface area contributed by atoms with Gasteiger partial charge >= 0.3 is 5.97 Å². The van der Waals surface area contributed by atoms with Crippen LogP contribution in [0, 0.1) is 6.92 Å². The fourth-order valence-corrected chi connectivity index (χ4v) is 1.39. The van der Waals surface area contributed by atoms with Gasteiger partial charge in [-0.2, -0.15) is 0 Å². The van der Waals surface area contributed by atoms with E-state index in [9.17, 15) is 9.59 Å². The number of carboxylic acid groups (broad SMARTS) is 1. The first-order chi connectivity index (χ1) is 7.54. The van der Waals surface area contributed by atoms with Gasteiger partial charge in [-0.05, 0) is 19.4 Å². The van der Waals surface area contributed by atoms with Crippen molar-refractivity contribution in [2.45, 2.75) is 32.7 Å². The van der Waals surface area contributed by atoms with Gasteiger partial charge in [-0.25, -0.2) is 0 Å². The SMILES string of the molecule is CCC(CC(=O)O)NC(=O)c1ccoc1C. The first-order valence-electron chi connectivity index (χ1n) is 5.11. The van der Waals surface area contributed by atoms with Crippen LogP contribution < -0.4 is 5.32 Å². The van der Waals surface area contributed by atoms with Gasteiger partial charge in [-0.3, -0.25) is 9.59 Å². The molecule has 0 aliphatic carbocycles. The van der Waals surface area contributed by atoms with Gasteiger partial charge in [-0.1, -0.05) is 6.92 Å². The number of nitrogens with one attached hydrogen (secondary N) is 1. The van der Waals surface area contributed by atoms with Crippen molar-refractivity contribution in [3.05, 3.63) is 23.7 Å². The Labute approximate surface area is 93.4 Å². The third-order valence-corrected chi connectivity index (χ3v) is 2.35. The molecule has 1 rings (SSSR count). The van der Waals surface area contributed by atoms with Crippen LogP contribution >= 0.6 is 0 Å². The van der Waals surface area contributed by atoms with E-state index in [-0.39, 0.29) is 18.4 Å². The summed E-state index contributed by atoms with van der Waals surface area (Å²) in [5, 5.41) is 11.3. The van der Waals surface area contributed by atoms with Crippen LogP contribution in [0.1, 0.15) is 35.9 Å². The zero-order valence-corrected chi connectivity index (χ0v) is 9.32. The first kappa shape index (κ1) is 12.3. The van der Waals surface area contributed by atoms with Crippen molar-refractivity contribution in [1.29, 1.82) is 0 Å². The van der Waals surface area contributed by atoms with Crippen LogP contribution in [0.5, 0.6) is 0 Å². The van der Waals surface area contributed by atoms with Crippen molar-refractivity contribution < 1.29 is 19.1 Å². The molecule has 1 unspecified atom stereocenters. The lowest BCUT2D eigenvalue weighted by Crippen LogP contribution is -2.36. The van der Waals surface area contributed by atoms with Gasteiger partial charge in [0.05, 0.1) is 18.2 Å². The normalized spacial score (nSPS) is 12.1. The van der Waals surface area contributed by atoms with Gasteiger partial charge in [0.1, 0.15) is 5.76 Å². The second-order valence-corrected chi connectivity index (χ2v) is 3.57. The van der Waals surface area contributed by atoms with Gasteiger partial charge in [0.25, 0.3) is 5.91 Å². The smallest absolute Gasteiger partial charge is 0.305 e. The molecule has 1 atom stereocenters. The van der Waals surface area contributed by atoms with Crippen LogP contribution in [-0.2, 0) is 4.79 Å². The second kappa shape index (κ2) is 5.34. The molecule has 0 spiro atoms. The summed E-state index contributed by atoms with van der Waals surface area (Å²) in [4.78, 5) is 22.2. The summed E-state index contributed by atoms with van der Waals surface area (Å²) < 4.78 is 5.00. The fraction of sp³-hybridized carbons (Fsp3) is 0.455. The lowest BCUT2D eigenvalue weighted by Gasteiger charge is -2.14. The Morgan fingerprint density at radius 2 is 2.25 bits per heavy atom. The Balaban J connectivity index is 2.62. The van der Waals surface area contributed by atoms with E-state index >= 15 is 0 Å². The molecule has 0 fully saturated rings. The Morgan fingerprint density at radius 1 is 1.56 bits per heavy atom. The maximum atomic E-state index is 11.7. The summed E-state index contributed by atoms with van der Waals surface area (Å²) in [6.07, 6.45) is 1.94. The molecule has 1 heterocycles.